The molecule has 1 amide bonds. The Labute approximate surface area is 102 Å². The zero-order chi connectivity index (χ0) is 12.9. The number of nitrogens with one attached hydrogen (secondary N) is 2. The predicted octanol–water partition coefficient (Wildman–Crippen LogP) is 0.586. The van der Waals surface area contributed by atoms with Gasteiger partial charge in [-0.25, -0.2) is 4.79 Å². The SMILES string of the molecule is CCCC1(C(=O)NC(C)C(=O)OC)CCCN1. The molecule has 1 aliphatic heterocycles. The molecule has 2 atom stereocenters. The highest BCUT2D eigenvalue weighted by molar-refractivity contribution is 5.90. The van der Waals surface area contributed by atoms with Crippen molar-refractivity contribution < 1.29 is 14.3 Å². The van der Waals surface area contributed by atoms with Crippen LogP contribution in [0.4, 0.5) is 0 Å². The lowest BCUT2D eigenvalue weighted by atomic mass is 9.90. The van der Waals surface area contributed by atoms with Gasteiger partial charge in [-0.15, -0.1) is 0 Å². The van der Waals surface area contributed by atoms with E-state index in [-0.39, 0.29) is 5.91 Å². The summed E-state index contributed by atoms with van der Waals surface area (Å²) >= 11 is 0. The first-order valence-corrected chi connectivity index (χ1v) is 6.19. The van der Waals surface area contributed by atoms with Crippen molar-refractivity contribution >= 4 is 11.9 Å². The summed E-state index contributed by atoms with van der Waals surface area (Å²) in [5, 5.41) is 5.99. The third-order valence-electron chi connectivity index (χ3n) is 3.26. The van der Waals surface area contributed by atoms with Crippen molar-refractivity contribution in [2.75, 3.05) is 13.7 Å². The molecule has 0 bridgehead atoms. The van der Waals surface area contributed by atoms with E-state index in [4.69, 9.17) is 0 Å². The Kier molecular flexibility index (Phi) is 4.93. The molecule has 0 aromatic heterocycles. The molecule has 0 aliphatic carbocycles. The average Bonchev–Trinajstić information content (AvgIpc) is 2.78. The van der Waals surface area contributed by atoms with Gasteiger partial charge in [0.25, 0.3) is 0 Å². The first kappa shape index (κ1) is 14.0. The topological polar surface area (TPSA) is 67.4 Å². The third-order valence-corrected chi connectivity index (χ3v) is 3.26. The molecule has 98 valence electrons. The fraction of sp³-hybridized carbons (Fsp3) is 0.833. The van der Waals surface area contributed by atoms with Crippen LogP contribution in [0.15, 0.2) is 0 Å². The minimum absolute atomic E-state index is 0.0882. The Morgan fingerprint density at radius 1 is 1.53 bits per heavy atom. The van der Waals surface area contributed by atoms with Crippen LogP contribution in [0.1, 0.15) is 39.5 Å². The van der Waals surface area contributed by atoms with Crippen LogP contribution in [0, 0.1) is 0 Å². The number of esters is 1. The van der Waals surface area contributed by atoms with Crippen molar-refractivity contribution in [2.45, 2.75) is 51.1 Å². The van der Waals surface area contributed by atoms with Gasteiger partial charge in [-0.05, 0) is 32.7 Å². The summed E-state index contributed by atoms with van der Waals surface area (Å²) in [5.74, 6) is -0.502. The zero-order valence-corrected chi connectivity index (χ0v) is 10.8. The Balaban J connectivity index is 2.63. The molecule has 5 nitrogen and oxygen atoms in total. The van der Waals surface area contributed by atoms with Crippen LogP contribution in [0.3, 0.4) is 0 Å². The highest BCUT2D eigenvalue weighted by Gasteiger charge is 2.40. The summed E-state index contributed by atoms with van der Waals surface area (Å²) in [6.07, 6.45) is 3.57. The van der Waals surface area contributed by atoms with Gasteiger partial charge in [-0.3, -0.25) is 4.79 Å². The van der Waals surface area contributed by atoms with E-state index < -0.39 is 17.6 Å². The Bertz CT molecular complexity index is 285. The van der Waals surface area contributed by atoms with E-state index in [9.17, 15) is 9.59 Å². The number of hydrogen-bond acceptors (Lipinski definition) is 4. The summed E-state index contributed by atoms with van der Waals surface area (Å²) in [6.45, 7) is 4.55. The number of carbonyl (C=O) groups excluding carboxylic acids is 2. The number of hydrogen-bond donors (Lipinski definition) is 2. The first-order valence-electron chi connectivity index (χ1n) is 6.19. The molecule has 0 aromatic carbocycles. The number of methoxy groups -OCH3 is 1. The van der Waals surface area contributed by atoms with Gasteiger partial charge >= 0.3 is 5.97 Å². The van der Waals surface area contributed by atoms with Crippen molar-refractivity contribution in [3.05, 3.63) is 0 Å². The van der Waals surface area contributed by atoms with Crippen molar-refractivity contribution in [3.63, 3.8) is 0 Å². The summed E-state index contributed by atoms with van der Waals surface area (Å²) in [7, 11) is 1.32. The normalized spacial score (nSPS) is 25.4. The second-order valence-corrected chi connectivity index (χ2v) is 4.58. The fourth-order valence-corrected chi connectivity index (χ4v) is 2.32. The number of ether oxygens (including phenoxy) is 1. The van der Waals surface area contributed by atoms with Crippen LogP contribution in [0.2, 0.25) is 0 Å². The number of amides is 1. The molecule has 1 aliphatic rings. The van der Waals surface area contributed by atoms with Crippen molar-refractivity contribution in [2.24, 2.45) is 0 Å². The number of rotatable bonds is 5. The van der Waals surface area contributed by atoms with Gasteiger partial charge in [-0.2, -0.15) is 0 Å². The molecule has 1 saturated heterocycles. The molecule has 1 heterocycles. The van der Waals surface area contributed by atoms with Gasteiger partial charge in [0.15, 0.2) is 0 Å². The second kappa shape index (κ2) is 6.00. The van der Waals surface area contributed by atoms with Gasteiger partial charge < -0.3 is 15.4 Å². The zero-order valence-electron chi connectivity index (χ0n) is 10.8. The molecule has 2 N–H and O–H groups in total. The van der Waals surface area contributed by atoms with Gasteiger partial charge in [0, 0.05) is 0 Å². The molecule has 17 heavy (non-hydrogen) atoms. The van der Waals surface area contributed by atoms with Crippen molar-refractivity contribution in [1.29, 1.82) is 0 Å². The quantitative estimate of drug-likeness (QED) is 0.692. The highest BCUT2D eigenvalue weighted by atomic mass is 16.5. The van der Waals surface area contributed by atoms with Crippen LogP contribution in [-0.2, 0) is 14.3 Å². The van der Waals surface area contributed by atoms with Crippen LogP contribution >= 0.6 is 0 Å². The summed E-state index contributed by atoms with van der Waals surface area (Å²) in [4.78, 5) is 23.5. The van der Waals surface area contributed by atoms with Crippen LogP contribution < -0.4 is 10.6 Å². The van der Waals surface area contributed by atoms with Crippen molar-refractivity contribution in [1.82, 2.24) is 10.6 Å². The number of carbonyl (C=O) groups is 2. The van der Waals surface area contributed by atoms with Gasteiger partial charge in [0.1, 0.15) is 6.04 Å². The Morgan fingerprint density at radius 3 is 2.71 bits per heavy atom. The summed E-state index contributed by atoms with van der Waals surface area (Å²) in [6, 6.07) is -0.594. The predicted molar refractivity (Wildman–Crippen MR) is 64.5 cm³/mol. The minimum atomic E-state index is -0.594. The minimum Gasteiger partial charge on any atom is -0.467 e. The van der Waals surface area contributed by atoms with Gasteiger partial charge in [-0.1, -0.05) is 13.3 Å². The first-order chi connectivity index (χ1) is 8.05. The fourth-order valence-electron chi connectivity index (χ4n) is 2.32. The van der Waals surface area contributed by atoms with E-state index >= 15 is 0 Å². The van der Waals surface area contributed by atoms with E-state index in [0.717, 1.165) is 32.2 Å². The molecule has 0 aromatic rings. The molecule has 1 fully saturated rings. The molecule has 1 rings (SSSR count). The highest BCUT2D eigenvalue weighted by Crippen LogP contribution is 2.25. The van der Waals surface area contributed by atoms with Crippen LogP contribution in [0.25, 0.3) is 0 Å². The lowest BCUT2D eigenvalue weighted by Crippen LogP contribution is -2.56. The molecular formula is C12H22N2O3. The van der Waals surface area contributed by atoms with Crippen LogP contribution in [0.5, 0.6) is 0 Å². The monoisotopic (exact) mass is 242 g/mol. The standard InChI is InChI=1S/C12H22N2O3/c1-4-6-12(7-5-8-13-12)11(16)14-9(2)10(15)17-3/h9,13H,4-8H2,1-3H3,(H,14,16). The smallest absolute Gasteiger partial charge is 0.328 e. The maximum Gasteiger partial charge on any atom is 0.328 e. The summed E-state index contributed by atoms with van der Waals surface area (Å²) < 4.78 is 4.59. The Morgan fingerprint density at radius 2 is 2.24 bits per heavy atom. The van der Waals surface area contributed by atoms with Crippen LogP contribution in [-0.4, -0.2) is 37.1 Å². The third kappa shape index (κ3) is 3.19. The molecule has 0 radical (unpaired) electrons. The Hall–Kier alpha value is -1.10. The van der Waals surface area contributed by atoms with Gasteiger partial charge in [0.2, 0.25) is 5.91 Å². The van der Waals surface area contributed by atoms with Gasteiger partial charge in [0.05, 0.1) is 12.6 Å². The molecule has 0 spiro atoms. The summed E-state index contributed by atoms with van der Waals surface area (Å²) in [5.41, 5.74) is -0.489. The van der Waals surface area contributed by atoms with Crippen molar-refractivity contribution in [3.8, 4) is 0 Å². The van der Waals surface area contributed by atoms with E-state index in [1.807, 2.05) is 0 Å². The largest absolute Gasteiger partial charge is 0.467 e. The lowest BCUT2D eigenvalue weighted by molar-refractivity contribution is -0.145. The van der Waals surface area contributed by atoms with E-state index in [0.29, 0.717) is 0 Å². The molecule has 0 saturated carbocycles. The maximum absolute atomic E-state index is 12.2. The second-order valence-electron chi connectivity index (χ2n) is 4.58. The molecule has 5 heteroatoms. The van der Waals surface area contributed by atoms with E-state index in [1.54, 1.807) is 6.92 Å². The lowest BCUT2D eigenvalue weighted by Gasteiger charge is -2.29. The van der Waals surface area contributed by atoms with E-state index in [2.05, 4.69) is 22.3 Å². The molecular weight excluding hydrogens is 220 g/mol. The maximum atomic E-state index is 12.2. The average molecular weight is 242 g/mol. The molecule has 2 unspecified atom stereocenters. The van der Waals surface area contributed by atoms with E-state index in [1.165, 1.54) is 7.11 Å².